The van der Waals surface area contributed by atoms with E-state index in [4.69, 9.17) is 5.73 Å². The normalized spacial score (nSPS) is 15.1. The molecule has 0 unspecified atom stereocenters. The van der Waals surface area contributed by atoms with E-state index in [1.165, 1.54) is 0 Å². The van der Waals surface area contributed by atoms with E-state index in [-0.39, 0.29) is 5.54 Å². The van der Waals surface area contributed by atoms with Gasteiger partial charge in [-0.15, -0.1) is 0 Å². The summed E-state index contributed by atoms with van der Waals surface area (Å²) in [5.74, 6) is 0.631. The van der Waals surface area contributed by atoms with Gasteiger partial charge in [-0.05, 0) is 33.0 Å². The molecular weight excluding hydrogens is 176 g/mol. The first kappa shape index (κ1) is 9.12. The van der Waals surface area contributed by atoms with Gasteiger partial charge in [0.2, 0.25) is 0 Å². The fourth-order valence-corrected chi connectivity index (χ4v) is 1.64. The van der Waals surface area contributed by atoms with E-state index in [1.54, 1.807) is 0 Å². The molecule has 1 aromatic rings. The second kappa shape index (κ2) is 2.77. The van der Waals surface area contributed by atoms with Gasteiger partial charge >= 0.3 is 0 Å². The Balaban J connectivity index is 2.60. The molecule has 0 aliphatic carbocycles. The van der Waals surface area contributed by atoms with E-state index in [9.17, 15) is 0 Å². The second-order valence-corrected chi connectivity index (χ2v) is 4.55. The highest BCUT2D eigenvalue weighted by molar-refractivity contribution is 5.59. The number of fused-ring (bicyclic) bond motifs is 1. The molecule has 4 heteroatoms. The molecule has 14 heavy (non-hydrogen) atoms. The SMILES string of the molecule is CC(C)(C)n1nc(N)c2c1C=CNC2. The van der Waals surface area contributed by atoms with Crippen LogP contribution in [-0.2, 0) is 12.1 Å². The maximum Gasteiger partial charge on any atom is 0.151 e. The molecule has 0 amide bonds. The molecular formula is C10H16N4. The van der Waals surface area contributed by atoms with Gasteiger partial charge in [0.1, 0.15) is 0 Å². The number of nitrogens with two attached hydrogens (primary N) is 1. The first-order valence-electron chi connectivity index (χ1n) is 4.78. The Bertz CT molecular complexity index is 382. The molecule has 0 aromatic carbocycles. The predicted molar refractivity (Wildman–Crippen MR) is 57.5 cm³/mol. The summed E-state index contributed by atoms with van der Waals surface area (Å²) in [5.41, 5.74) is 8.05. The molecule has 0 saturated heterocycles. The fourth-order valence-electron chi connectivity index (χ4n) is 1.64. The fraction of sp³-hybridized carbons (Fsp3) is 0.500. The lowest BCUT2D eigenvalue weighted by Gasteiger charge is -2.22. The zero-order valence-corrected chi connectivity index (χ0v) is 8.83. The van der Waals surface area contributed by atoms with Crippen LogP contribution >= 0.6 is 0 Å². The lowest BCUT2D eigenvalue weighted by atomic mass is 10.1. The van der Waals surface area contributed by atoms with Crippen molar-refractivity contribution in [3.05, 3.63) is 17.5 Å². The monoisotopic (exact) mass is 192 g/mol. The van der Waals surface area contributed by atoms with E-state index < -0.39 is 0 Å². The Morgan fingerprint density at radius 3 is 2.86 bits per heavy atom. The van der Waals surface area contributed by atoms with Crippen molar-refractivity contribution in [2.45, 2.75) is 32.9 Å². The van der Waals surface area contributed by atoms with Crippen LogP contribution in [0.25, 0.3) is 6.08 Å². The van der Waals surface area contributed by atoms with Crippen LogP contribution in [0.15, 0.2) is 6.20 Å². The van der Waals surface area contributed by atoms with Gasteiger partial charge in [0, 0.05) is 12.1 Å². The van der Waals surface area contributed by atoms with E-state index >= 15 is 0 Å². The van der Waals surface area contributed by atoms with E-state index in [0.717, 1.165) is 17.8 Å². The average molecular weight is 192 g/mol. The first-order valence-corrected chi connectivity index (χ1v) is 4.78. The Morgan fingerprint density at radius 1 is 1.50 bits per heavy atom. The zero-order valence-electron chi connectivity index (χ0n) is 8.83. The molecule has 1 aliphatic rings. The second-order valence-electron chi connectivity index (χ2n) is 4.55. The van der Waals surface area contributed by atoms with Gasteiger partial charge in [-0.2, -0.15) is 5.10 Å². The lowest BCUT2D eigenvalue weighted by molar-refractivity contribution is 0.353. The predicted octanol–water partition coefficient (Wildman–Crippen LogP) is 1.29. The highest BCUT2D eigenvalue weighted by Gasteiger charge is 2.23. The molecule has 76 valence electrons. The molecule has 2 rings (SSSR count). The Morgan fingerprint density at radius 2 is 2.21 bits per heavy atom. The van der Waals surface area contributed by atoms with Gasteiger partial charge in [0.15, 0.2) is 5.82 Å². The van der Waals surface area contributed by atoms with Gasteiger partial charge in [0.25, 0.3) is 0 Å². The van der Waals surface area contributed by atoms with Crippen LogP contribution in [0, 0.1) is 0 Å². The molecule has 0 radical (unpaired) electrons. The lowest BCUT2D eigenvalue weighted by Crippen LogP contribution is -2.25. The van der Waals surface area contributed by atoms with Crippen molar-refractivity contribution in [2.75, 3.05) is 5.73 Å². The Kier molecular flexibility index (Phi) is 1.80. The summed E-state index contributed by atoms with van der Waals surface area (Å²) >= 11 is 0. The van der Waals surface area contributed by atoms with Crippen LogP contribution in [0.3, 0.4) is 0 Å². The summed E-state index contributed by atoms with van der Waals surface area (Å²) < 4.78 is 1.98. The number of rotatable bonds is 0. The van der Waals surface area contributed by atoms with Crippen LogP contribution in [-0.4, -0.2) is 9.78 Å². The van der Waals surface area contributed by atoms with Crippen LogP contribution < -0.4 is 11.1 Å². The number of hydrogen-bond acceptors (Lipinski definition) is 3. The highest BCUT2D eigenvalue weighted by Crippen LogP contribution is 2.26. The standard InChI is InChI=1S/C10H16N4/c1-10(2,3)14-8-4-5-12-6-7(8)9(11)13-14/h4-5,12H,6H2,1-3H3,(H2,11,13). The third-order valence-electron chi connectivity index (χ3n) is 2.33. The summed E-state index contributed by atoms with van der Waals surface area (Å²) in [5, 5.41) is 7.50. The summed E-state index contributed by atoms with van der Waals surface area (Å²) in [7, 11) is 0. The van der Waals surface area contributed by atoms with E-state index in [1.807, 2.05) is 17.0 Å². The number of hydrogen-bond donors (Lipinski definition) is 2. The molecule has 2 heterocycles. The van der Waals surface area contributed by atoms with E-state index in [2.05, 4.69) is 31.2 Å². The van der Waals surface area contributed by atoms with Crippen molar-refractivity contribution in [1.29, 1.82) is 0 Å². The van der Waals surface area contributed by atoms with Crippen molar-refractivity contribution in [1.82, 2.24) is 15.1 Å². The molecule has 0 bridgehead atoms. The third kappa shape index (κ3) is 1.27. The molecule has 1 aromatic heterocycles. The minimum atomic E-state index is -0.0244. The number of anilines is 1. The minimum Gasteiger partial charge on any atom is -0.387 e. The number of nitrogen functional groups attached to an aromatic ring is 1. The van der Waals surface area contributed by atoms with Gasteiger partial charge in [0.05, 0.1) is 11.2 Å². The maximum atomic E-state index is 5.85. The largest absolute Gasteiger partial charge is 0.387 e. The van der Waals surface area contributed by atoms with Crippen molar-refractivity contribution in [2.24, 2.45) is 0 Å². The van der Waals surface area contributed by atoms with Gasteiger partial charge < -0.3 is 11.1 Å². The Labute approximate surface area is 83.8 Å². The average Bonchev–Trinajstić information content (AvgIpc) is 2.44. The molecule has 0 spiro atoms. The summed E-state index contributed by atoms with van der Waals surface area (Å²) in [6.45, 7) is 7.13. The topological polar surface area (TPSA) is 55.9 Å². The van der Waals surface area contributed by atoms with Crippen molar-refractivity contribution >= 4 is 11.9 Å². The maximum absolute atomic E-state index is 5.85. The van der Waals surface area contributed by atoms with Crippen LogP contribution in [0.2, 0.25) is 0 Å². The smallest absolute Gasteiger partial charge is 0.151 e. The van der Waals surface area contributed by atoms with Crippen LogP contribution in [0.5, 0.6) is 0 Å². The minimum absolute atomic E-state index is 0.0244. The highest BCUT2D eigenvalue weighted by atomic mass is 15.3. The van der Waals surface area contributed by atoms with Gasteiger partial charge in [-0.1, -0.05) is 0 Å². The van der Waals surface area contributed by atoms with Gasteiger partial charge in [-0.25, -0.2) is 0 Å². The van der Waals surface area contributed by atoms with Crippen molar-refractivity contribution in [3.63, 3.8) is 0 Å². The van der Waals surface area contributed by atoms with Gasteiger partial charge in [-0.3, -0.25) is 4.68 Å². The molecule has 4 nitrogen and oxygen atoms in total. The van der Waals surface area contributed by atoms with Crippen molar-refractivity contribution < 1.29 is 0 Å². The van der Waals surface area contributed by atoms with Crippen LogP contribution in [0.1, 0.15) is 32.0 Å². The quantitative estimate of drug-likeness (QED) is 0.651. The third-order valence-corrected chi connectivity index (χ3v) is 2.33. The molecule has 0 fully saturated rings. The molecule has 0 saturated carbocycles. The summed E-state index contributed by atoms with van der Waals surface area (Å²) in [4.78, 5) is 0. The number of nitrogens with zero attached hydrogens (tertiary/aromatic N) is 2. The van der Waals surface area contributed by atoms with Crippen molar-refractivity contribution in [3.8, 4) is 0 Å². The van der Waals surface area contributed by atoms with Crippen LogP contribution in [0.4, 0.5) is 5.82 Å². The van der Waals surface area contributed by atoms with E-state index in [0.29, 0.717) is 5.82 Å². The summed E-state index contributed by atoms with van der Waals surface area (Å²) in [6.07, 6.45) is 3.96. The zero-order chi connectivity index (χ0) is 10.3. The molecule has 0 atom stereocenters. The molecule has 1 aliphatic heterocycles. The summed E-state index contributed by atoms with van der Waals surface area (Å²) in [6, 6.07) is 0. The number of aromatic nitrogens is 2. The Hall–Kier alpha value is -1.45. The first-order chi connectivity index (χ1) is 6.50. The number of nitrogens with one attached hydrogen (secondary N) is 1. The molecule has 3 N–H and O–H groups in total.